The van der Waals surface area contributed by atoms with Crippen LogP contribution >= 0.6 is 0 Å². The zero-order chi connectivity index (χ0) is 13.3. The molecule has 0 heterocycles. The monoisotopic (exact) mass is 249 g/mol. The Hall–Kier alpha value is -1.71. The first-order chi connectivity index (χ1) is 8.56. The van der Waals surface area contributed by atoms with Crippen LogP contribution in [0.4, 0.5) is 0 Å². The van der Waals surface area contributed by atoms with Gasteiger partial charge in [0.1, 0.15) is 0 Å². The molecule has 4 heteroatoms. The zero-order valence-electron chi connectivity index (χ0n) is 11.1. The van der Waals surface area contributed by atoms with E-state index < -0.39 is 0 Å². The van der Waals surface area contributed by atoms with Crippen molar-refractivity contribution in [3.05, 3.63) is 23.3 Å². The predicted octanol–water partition coefficient (Wildman–Crippen LogP) is 1.74. The molecule has 2 rings (SSSR count). The fraction of sp³-hybridized carbons (Fsp3) is 0.500. The molecule has 0 radical (unpaired) electrons. The molecule has 1 amide bonds. The van der Waals surface area contributed by atoms with E-state index in [1.807, 2.05) is 24.9 Å². The van der Waals surface area contributed by atoms with E-state index >= 15 is 0 Å². The summed E-state index contributed by atoms with van der Waals surface area (Å²) < 4.78 is 5.10. The zero-order valence-corrected chi connectivity index (χ0v) is 11.1. The van der Waals surface area contributed by atoms with Crippen LogP contribution in [0.3, 0.4) is 0 Å². The molecule has 0 spiro atoms. The van der Waals surface area contributed by atoms with Gasteiger partial charge in [-0.15, -0.1) is 0 Å². The lowest BCUT2D eigenvalue weighted by Gasteiger charge is -2.23. The number of methoxy groups -OCH3 is 1. The third-order valence-electron chi connectivity index (χ3n) is 3.66. The van der Waals surface area contributed by atoms with Crippen LogP contribution in [-0.4, -0.2) is 36.1 Å². The highest BCUT2D eigenvalue weighted by Gasteiger charge is 2.28. The molecule has 0 bridgehead atoms. The van der Waals surface area contributed by atoms with Gasteiger partial charge in [-0.25, -0.2) is 0 Å². The number of rotatable bonds is 3. The number of aromatic hydroxyl groups is 1. The lowest BCUT2D eigenvalue weighted by atomic mass is 10.1. The summed E-state index contributed by atoms with van der Waals surface area (Å²) in [6.07, 6.45) is 2.15. The Kier molecular flexibility index (Phi) is 3.45. The van der Waals surface area contributed by atoms with Crippen molar-refractivity contribution in [2.75, 3.05) is 14.2 Å². The summed E-state index contributed by atoms with van der Waals surface area (Å²) in [6.45, 7) is 1.87. The van der Waals surface area contributed by atoms with Crippen molar-refractivity contribution in [3.8, 4) is 11.5 Å². The number of hydrogen-bond acceptors (Lipinski definition) is 3. The number of hydrogen-bond donors (Lipinski definition) is 1. The summed E-state index contributed by atoms with van der Waals surface area (Å²) in [6, 6.07) is 3.81. The molecule has 0 aliphatic heterocycles. The highest BCUT2D eigenvalue weighted by molar-refractivity contribution is 5.76. The topological polar surface area (TPSA) is 49.8 Å². The van der Waals surface area contributed by atoms with Crippen molar-refractivity contribution in [1.82, 2.24) is 4.90 Å². The molecule has 1 aromatic carbocycles. The number of carbonyl (C=O) groups is 1. The van der Waals surface area contributed by atoms with Gasteiger partial charge in [-0.3, -0.25) is 4.79 Å². The van der Waals surface area contributed by atoms with Crippen LogP contribution in [0.25, 0.3) is 0 Å². The van der Waals surface area contributed by atoms with Gasteiger partial charge in [-0.05, 0) is 36.1 Å². The number of nitrogens with zero attached hydrogens (tertiary/aromatic N) is 1. The Morgan fingerprint density at radius 2 is 2.06 bits per heavy atom. The molecule has 18 heavy (non-hydrogen) atoms. The van der Waals surface area contributed by atoms with Gasteiger partial charge in [0.25, 0.3) is 0 Å². The smallest absolute Gasteiger partial charge is 0.222 e. The third kappa shape index (κ3) is 2.15. The predicted molar refractivity (Wildman–Crippen MR) is 68.9 cm³/mol. The number of amides is 1. The van der Waals surface area contributed by atoms with Gasteiger partial charge >= 0.3 is 0 Å². The van der Waals surface area contributed by atoms with Crippen LogP contribution in [0.1, 0.15) is 24.5 Å². The molecule has 0 saturated carbocycles. The summed E-state index contributed by atoms with van der Waals surface area (Å²) in [5, 5.41) is 9.75. The molecule has 98 valence electrons. The Morgan fingerprint density at radius 3 is 2.61 bits per heavy atom. The van der Waals surface area contributed by atoms with Gasteiger partial charge in [0.05, 0.1) is 7.11 Å². The van der Waals surface area contributed by atoms with Crippen LogP contribution < -0.4 is 4.74 Å². The minimum Gasteiger partial charge on any atom is -0.504 e. The Balaban J connectivity index is 2.20. The number of fused-ring (bicyclic) bond motifs is 1. The molecule has 1 aromatic rings. The van der Waals surface area contributed by atoms with E-state index in [0.717, 1.165) is 24.0 Å². The van der Waals surface area contributed by atoms with E-state index in [2.05, 4.69) is 0 Å². The van der Waals surface area contributed by atoms with Crippen molar-refractivity contribution >= 4 is 5.91 Å². The minimum atomic E-state index is 0.156. The second-order valence-electron chi connectivity index (χ2n) is 4.71. The molecule has 1 aliphatic carbocycles. The fourth-order valence-electron chi connectivity index (χ4n) is 2.50. The van der Waals surface area contributed by atoms with Gasteiger partial charge in [-0.1, -0.05) is 6.92 Å². The van der Waals surface area contributed by atoms with Crippen LogP contribution in [0.15, 0.2) is 12.1 Å². The number of ether oxygens (including phenoxy) is 1. The maximum Gasteiger partial charge on any atom is 0.222 e. The van der Waals surface area contributed by atoms with Gasteiger partial charge in [-0.2, -0.15) is 0 Å². The summed E-state index contributed by atoms with van der Waals surface area (Å²) in [4.78, 5) is 13.5. The first kappa shape index (κ1) is 12.7. The van der Waals surface area contributed by atoms with E-state index in [0.29, 0.717) is 12.2 Å². The molecule has 1 unspecified atom stereocenters. The summed E-state index contributed by atoms with van der Waals surface area (Å²) in [5.41, 5.74) is 2.26. The summed E-state index contributed by atoms with van der Waals surface area (Å²) in [7, 11) is 3.39. The maximum atomic E-state index is 11.7. The molecule has 1 atom stereocenters. The first-order valence-corrected chi connectivity index (χ1v) is 6.21. The molecular weight excluding hydrogens is 230 g/mol. The normalized spacial score (nSPS) is 17.4. The Morgan fingerprint density at radius 1 is 1.44 bits per heavy atom. The molecule has 0 fully saturated rings. The third-order valence-corrected chi connectivity index (χ3v) is 3.66. The first-order valence-electron chi connectivity index (χ1n) is 6.21. The van der Waals surface area contributed by atoms with Gasteiger partial charge in [0.2, 0.25) is 5.91 Å². The molecule has 0 aromatic heterocycles. The average molecular weight is 249 g/mol. The maximum absolute atomic E-state index is 11.7. The van der Waals surface area contributed by atoms with Gasteiger partial charge < -0.3 is 14.7 Å². The molecule has 4 nitrogen and oxygen atoms in total. The largest absolute Gasteiger partial charge is 0.504 e. The van der Waals surface area contributed by atoms with Crippen molar-refractivity contribution < 1.29 is 14.6 Å². The fourth-order valence-corrected chi connectivity index (χ4v) is 2.50. The molecule has 1 aliphatic rings. The van der Waals surface area contributed by atoms with Crippen molar-refractivity contribution in [2.45, 2.75) is 32.2 Å². The SMILES string of the molecule is CCC(=O)N(C)C1Cc2cc(O)c(OC)cc2C1. The van der Waals surface area contributed by atoms with E-state index in [1.165, 1.54) is 0 Å². The Bertz CT molecular complexity index is 470. The van der Waals surface area contributed by atoms with Crippen LogP contribution in [0.2, 0.25) is 0 Å². The quantitative estimate of drug-likeness (QED) is 0.887. The molecular formula is C14H19NO3. The molecule has 1 N–H and O–H groups in total. The standard InChI is InChI=1S/C14H19NO3/c1-4-14(17)15(2)11-5-9-7-12(16)13(18-3)8-10(9)6-11/h7-8,11,16H,4-6H2,1-3H3. The van der Waals surface area contributed by atoms with Crippen LogP contribution in [-0.2, 0) is 17.6 Å². The van der Waals surface area contributed by atoms with Gasteiger partial charge in [0.15, 0.2) is 11.5 Å². The van der Waals surface area contributed by atoms with Crippen LogP contribution in [0.5, 0.6) is 11.5 Å². The van der Waals surface area contributed by atoms with Crippen molar-refractivity contribution in [3.63, 3.8) is 0 Å². The van der Waals surface area contributed by atoms with Gasteiger partial charge in [0, 0.05) is 19.5 Å². The lowest BCUT2D eigenvalue weighted by molar-refractivity contribution is -0.131. The average Bonchev–Trinajstić information content (AvgIpc) is 2.78. The number of likely N-dealkylation sites (N-methyl/N-ethyl adjacent to an activating group) is 1. The highest BCUT2D eigenvalue weighted by Crippen LogP contribution is 2.35. The molecule has 0 saturated heterocycles. The lowest BCUT2D eigenvalue weighted by Crippen LogP contribution is -2.37. The number of benzene rings is 1. The van der Waals surface area contributed by atoms with E-state index in [-0.39, 0.29) is 17.7 Å². The van der Waals surface area contributed by atoms with E-state index in [1.54, 1.807) is 13.2 Å². The minimum absolute atomic E-state index is 0.156. The highest BCUT2D eigenvalue weighted by atomic mass is 16.5. The Labute approximate surface area is 107 Å². The summed E-state index contributed by atoms with van der Waals surface area (Å²) >= 11 is 0. The number of phenols is 1. The second kappa shape index (κ2) is 4.88. The number of phenolic OH excluding ortho intramolecular Hbond substituents is 1. The second-order valence-corrected chi connectivity index (χ2v) is 4.71. The van der Waals surface area contributed by atoms with Crippen LogP contribution in [0, 0.1) is 0 Å². The number of carbonyl (C=O) groups excluding carboxylic acids is 1. The summed E-state index contributed by atoms with van der Waals surface area (Å²) in [5.74, 6) is 0.823. The van der Waals surface area contributed by atoms with E-state index in [9.17, 15) is 9.90 Å². The van der Waals surface area contributed by atoms with Crippen molar-refractivity contribution in [1.29, 1.82) is 0 Å². The van der Waals surface area contributed by atoms with E-state index in [4.69, 9.17) is 4.74 Å². The van der Waals surface area contributed by atoms with Crippen molar-refractivity contribution in [2.24, 2.45) is 0 Å².